The number of halogens is 2. The summed E-state index contributed by atoms with van der Waals surface area (Å²) in [5.74, 6) is 2.01. The smallest absolute Gasteiger partial charge is 0.253 e. The summed E-state index contributed by atoms with van der Waals surface area (Å²) < 4.78 is 15.5. The number of aryl methyl sites for hydroxylation is 1. The molecule has 1 aliphatic carbocycles. The van der Waals surface area contributed by atoms with Crippen molar-refractivity contribution < 1.29 is 9.18 Å². The topological polar surface area (TPSA) is 67.2 Å². The van der Waals surface area contributed by atoms with Crippen LogP contribution >= 0.6 is 11.6 Å². The fourth-order valence-electron chi connectivity index (χ4n) is 5.83. The zero-order chi connectivity index (χ0) is 26.9. The summed E-state index contributed by atoms with van der Waals surface area (Å²) in [6.07, 6.45) is 7.08. The van der Waals surface area contributed by atoms with Gasteiger partial charge in [0.15, 0.2) is 5.65 Å². The maximum absolute atomic E-state index is 13.7. The van der Waals surface area contributed by atoms with E-state index in [-0.39, 0.29) is 11.7 Å². The summed E-state index contributed by atoms with van der Waals surface area (Å²) in [6.45, 7) is 4.48. The molecule has 4 aromatic rings. The van der Waals surface area contributed by atoms with Gasteiger partial charge in [0.25, 0.3) is 5.91 Å². The molecule has 0 radical (unpaired) electrons. The van der Waals surface area contributed by atoms with Crippen LogP contribution in [0.5, 0.6) is 0 Å². The number of piperazine rings is 1. The molecule has 2 aromatic carbocycles. The summed E-state index contributed by atoms with van der Waals surface area (Å²) in [7, 11) is 0. The van der Waals surface area contributed by atoms with Gasteiger partial charge in [-0.25, -0.2) is 19.0 Å². The number of hydrogen-bond acceptors (Lipinski definition) is 5. The fraction of sp³-hybridized carbons (Fsp3) is 0.400. The Hall–Kier alpha value is -3.52. The highest BCUT2D eigenvalue weighted by Gasteiger charge is 2.27. The minimum absolute atomic E-state index is 0.0115. The predicted molar refractivity (Wildman–Crippen MR) is 151 cm³/mol. The van der Waals surface area contributed by atoms with Crippen molar-refractivity contribution in [3.63, 3.8) is 0 Å². The van der Waals surface area contributed by atoms with Crippen LogP contribution in [0.3, 0.4) is 0 Å². The Morgan fingerprint density at radius 3 is 2.33 bits per heavy atom. The van der Waals surface area contributed by atoms with E-state index in [4.69, 9.17) is 26.7 Å². The number of benzene rings is 2. The number of aromatic nitrogens is 4. The van der Waals surface area contributed by atoms with Gasteiger partial charge in [-0.05, 0) is 61.4 Å². The third-order valence-electron chi connectivity index (χ3n) is 7.95. The van der Waals surface area contributed by atoms with Crippen molar-refractivity contribution in [2.24, 2.45) is 5.92 Å². The Kier molecular flexibility index (Phi) is 7.21. The Labute approximate surface area is 232 Å². The number of carbonyl (C=O) groups is 1. The van der Waals surface area contributed by atoms with Crippen molar-refractivity contribution in [2.75, 3.05) is 31.1 Å². The standard InChI is InChI=1S/C30H32ClFN6O/c1-20-27-28(36-15-17-37(18-16-36)30(39)22-7-9-23(31)10-8-22)33-26(19-21-5-3-2-4-6-21)34-29(27)38(35-20)25-13-11-24(32)12-14-25/h7-14,21H,2-6,15-19H2,1H3. The van der Waals surface area contributed by atoms with Crippen molar-refractivity contribution in [1.29, 1.82) is 0 Å². The van der Waals surface area contributed by atoms with Crippen LogP contribution < -0.4 is 4.90 Å². The maximum atomic E-state index is 13.7. The highest BCUT2D eigenvalue weighted by Crippen LogP contribution is 2.32. The molecule has 2 fully saturated rings. The minimum atomic E-state index is -0.286. The van der Waals surface area contributed by atoms with Gasteiger partial charge in [0.05, 0.1) is 16.8 Å². The molecule has 7 nitrogen and oxygen atoms in total. The van der Waals surface area contributed by atoms with Crippen LogP contribution in [0, 0.1) is 18.7 Å². The zero-order valence-corrected chi connectivity index (χ0v) is 22.9. The van der Waals surface area contributed by atoms with E-state index in [1.54, 1.807) is 41.1 Å². The lowest BCUT2D eigenvalue weighted by atomic mass is 9.87. The molecule has 3 heterocycles. The van der Waals surface area contributed by atoms with Gasteiger partial charge in [0.1, 0.15) is 17.5 Å². The first-order chi connectivity index (χ1) is 19.0. The van der Waals surface area contributed by atoms with Crippen LogP contribution in [0.25, 0.3) is 16.7 Å². The first-order valence-electron chi connectivity index (χ1n) is 13.8. The number of hydrogen-bond donors (Lipinski definition) is 0. The Bertz CT molecular complexity index is 1470. The van der Waals surface area contributed by atoms with Crippen LogP contribution in [0.2, 0.25) is 5.02 Å². The van der Waals surface area contributed by atoms with Crippen LogP contribution in [0.15, 0.2) is 48.5 Å². The molecule has 0 atom stereocenters. The lowest BCUT2D eigenvalue weighted by Crippen LogP contribution is -2.49. The molecule has 0 spiro atoms. The Morgan fingerprint density at radius 1 is 0.949 bits per heavy atom. The molecule has 6 rings (SSSR count). The summed E-state index contributed by atoms with van der Waals surface area (Å²) in [5, 5.41) is 6.33. The van der Waals surface area contributed by atoms with Gasteiger partial charge in [0.2, 0.25) is 0 Å². The summed E-state index contributed by atoms with van der Waals surface area (Å²) in [6, 6.07) is 13.4. The van der Waals surface area contributed by atoms with E-state index in [9.17, 15) is 9.18 Å². The van der Waals surface area contributed by atoms with Crippen molar-refractivity contribution >= 4 is 34.4 Å². The summed E-state index contributed by atoms with van der Waals surface area (Å²) in [4.78, 5) is 27.4. The van der Waals surface area contributed by atoms with Gasteiger partial charge in [-0.2, -0.15) is 5.10 Å². The van der Waals surface area contributed by atoms with E-state index < -0.39 is 0 Å². The van der Waals surface area contributed by atoms with Gasteiger partial charge < -0.3 is 9.80 Å². The number of amides is 1. The normalized spacial score (nSPS) is 16.7. The molecule has 202 valence electrons. The van der Waals surface area contributed by atoms with Crippen LogP contribution in [0.1, 0.15) is 54.0 Å². The lowest BCUT2D eigenvalue weighted by Gasteiger charge is -2.36. The number of fused-ring (bicyclic) bond motifs is 1. The first kappa shape index (κ1) is 25.7. The van der Waals surface area contributed by atoms with Crippen molar-refractivity contribution in [2.45, 2.75) is 45.4 Å². The van der Waals surface area contributed by atoms with Crippen molar-refractivity contribution in [3.8, 4) is 5.69 Å². The highest BCUT2D eigenvalue weighted by atomic mass is 35.5. The van der Waals surface area contributed by atoms with Gasteiger partial charge in [0, 0.05) is 43.2 Å². The SMILES string of the molecule is Cc1nn(-c2ccc(F)cc2)c2nc(CC3CCCCC3)nc(N3CCN(C(=O)c4ccc(Cl)cc4)CC3)c12. The van der Waals surface area contributed by atoms with Gasteiger partial charge >= 0.3 is 0 Å². The highest BCUT2D eigenvalue weighted by molar-refractivity contribution is 6.30. The number of anilines is 1. The van der Waals surface area contributed by atoms with Gasteiger partial charge in [-0.3, -0.25) is 4.79 Å². The largest absolute Gasteiger partial charge is 0.352 e. The number of rotatable bonds is 5. The molecule has 9 heteroatoms. The monoisotopic (exact) mass is 546 g/mol. The molecule has 1 aliphatic heterocycles. The molecule has 0 unspecified atom stereocenters. The average Bonchev–Trinajstić information content (AvgIpc) is 3.30. The van der Waals surface area contributed by atoms with Crippen LogP contribution in [-0.2, 0) is 6.42 Å². The Balaban J connectivity index is 1.33. The molecule has 0 bridgehead atoms. The third-order valence-corrected chi connectivity index (χ3v) is 8.21. The van der Waals surface area contributed by atoms with E-state index in [2.05, 4.69) is 4.90 Å². The third kappa shape index (κ3) is 5.35. The van der Waals surface area contributed by atoms with Crippen LogP contribution in [-0.4, -0.2) is 56.7 Å². The second-order valence-corrected chi connectivity index (χ2v) is 11.1. The van der Waals surface area contributed by atoms with Gasteiger partial charge in [-0.1, -0.05) is 43.7 Å². The molecule has 1 amide bonds. The quantitative estimate of drug-likeness (QED) is 0.307. The predicted octanol–water partition coefficient (Wildman–Crippen LogP) is 6.00. The van der Waals surface area contributed by atoms with E-state index in [0.29, 0.717) is 42.7 Å². The van der Waals surface area contributed by atoms with E-state index in [1.165, 1.54) is 44.2 Å². The number of carbonyl (C=O) groups excluding carboxylic acids is 1. The Morgan fingerprint density at radius 2 is 1.64 bits per heavy atom. The van der Waals surface area contributed by atoms with E-state index in [0.717, 1.165) is 40.5 Å². The fourth-order valence-corrected chi connectivity index (χ4v) is 5.96. The van der Waals surface area contributed by atoms with E-state index >= 15 is 0 Å². The second kappa shape index (κ2) is 10.9. The summed E-state index contributed by atoms with van der Waals surface area (Å²) in [5.41, 5.74) is 2.98. The second-order valence-electron chi connectivity index (χ2n) is 10.6. The molecule has 2 aromatic heterocycles. The maximum Gasteiger partial charge on any atom is 0.253 e. The molecular weight excluding hydrogens is 515 g/mol. The van der Waals surface area contributed by atoms with Gasteiger partial charge in [-0.15, -0.1) is 0 Å². The van der Waals surface area contributed by atoms with E-state index in [1.807, 2.05) is 11.8 Å². The number of nitrogens with zero attached hydrogens (tertiary/aromatic N) is 6. The van der Waals surface area contributed by atoms with Crippen molar-refractivity contribution in [1.82, 2.24) is 24.6 Å². The summed E-state index contributed by atoms with van der Waals surface area (Å²) >= 11 is 6.00. The molecule has 1 saturated carbocycles. The molecule has 1 saturated heterocycles. The lowest BCUT2D eigenvalue weighted by molar-refractivity contribution is 0.0746. The molecule has 0 N–H and O–H groups in total. The van der Waals surface area contributed by atoms with Crippen LogP contribution in [0.4, 0.5) is 10.2 Å². The molecule has 2 aliphatic rings. The zero-order valence-electron chi connectivity index (χ0n) is 22.1. The molecular formula is C30H32ClFN6O. The minimum Gasteiger partial charge on any atom is -0.352 e. The van der Waals surface area contributed by atoms with Crippen molar-refractivity contribution in [3.05, 3.63) is 76.5 Å². The molecule has 39 heavy (non-hydrogen) atoms. The average molecular weight is 547 g/mol. The first-order valence-corrected chi connectivity index (χ1v) is 14.2.